The molecule has 1 N–H and O–H groups in total. The molecule has 0 aliphatic heterocycles. The molecular weight excluding hydrogens is 330 g/mol. The number of halogens is 1. The summed E-state index contributed by atoms with van der Waals surface area (Å²) in [6.07, 6.45) is 0. The Balaban J connectivity index is 1.79. The molecule has 0 amide bonds. The normalized spacial score (nSPS) is 12.0. The predicted octanol–water partition coefficient (Wildman–Crippen LogP) is 4.19. The van der Waals surface area contributed by atoms with E-state index in [1.165, 1.54) is 5.56 Å². The van der Waals surface area contributed by atoms with Gasteiger partial charge in [0.05, 0.1) is 7.11 Å². The first-order valence-electron chi connectivity index (χ1n) is 6.95. The zero-order chi connectivity index (χ0) is 15.1. The van der Waals surface area contributed by atoms with Gasteiger partial charge < -0.3 is 14.8 Å². The Kier molecular flexibility index (Phi) is 6.08. The van der Waals surface area contributed by atoms with E-state index in [-0.39, 0.29) is 6.04 Å². The van der Waals surface area contributed by atoms with Gasteiger partial charge in [0.15, 0.2) is 11.5 Å². The van der Waals surface area contributed by atoms with Gasteiger partial charge in [0.2, 0.25) is 0 Å². The van der Waals surface area contributed by atoms with Gasteiger partial charge in [-0.15, -0.1) is 0 Å². The Labute approximate surface area is 134 Å². The topological polar surface area (TPSA) is 30.5 Å². The van der Waals surface area contributed by atoms with E-state index < -0.39 is 0 Å². The van der Waals surface area contributed by atoms with Crippen LogP contribution < -0.4 is 14.8 Å². The van der Waals surface area contributed by atoms with E-state index in [0.29, 0.717) is 6.61 Å². The summed E-state index contributed by atoms with van der Waals surface area (Å²) in [5.74, 6) is 1.54. The number of ether oxygens (including phenoxy) is 2. The summed E-state index contributed by atoms with van der Waals surface area (Å²) in [5.41, 5.74) is 1.25. The van der Waals surface area contributed by atoms with Crippen molar-refractivity contribution in [3.05, 3.63) is 58.6 Å². The van der Waals surface area contributed by atoms with Crippen LogP contribution in [0.2, 0.25) is 0 Å². The maximum Gasteiger partial charge on any atom is 0.161 e. The lowest BCUT2D eigenvalue weighted by Gasteiger charge is -2.15. The van der Waals surface area contributed by atoms with E-state index in [2.05, 4.69) is 40.3 Å². The molecule has 2 aromatic carbocycles. The third-order valence-corrected chi connectivity index (χ3v) is 3.72. The molecule has 0 radical (unpaired) electrons. The lowest BCUT2D eigenvalue weighted by atomic mass is 10.1. The molecule has 0 saturated carbocycles. The van der Waals surface area contributed by atoms with Gasteiger partial charge in [-0.3, -0.25) is 0 Å². The molecule has 0 aliphatic rings. The van der Waals surface area contributed by atoms with Crippen LogP contribution in [0, 0.1) is 0 Å². The fraction of sp³-hybridized carbons (Fsp3) is 0.294. The maximum absolute atomic E-state index is 5.74. The van der Waals surface area contributed by atoms with Gasteiger partial charge in [0, 0.05) is 17.1 Å². The summed E-state index contributed by atoms with van der Waals surface area (Å²) in [6, 6.07) is 16.3. The molecule has 0 fully saturated rings. The predicted molar refractivity (Wildman–Crippen MR) is 89.0 cm³/mol. The summed E-state index contributed by atoms with van der Waals surface area (Å²) in [4.78, 5) is 0. The van der Waals surface area contributed by atoms with E-state index in [9.17, 15) is 0 Å². The molecule has 4 heteroatoms. The number of hydrogen-bond donors (Lipinski definition) is 1. The highest BCUT2D eigenvalue weighted by Gasteiger charge is 2.06. The van der Waals surface area contributed by atoms with Crippen molar-refractivity contribution in [2.75, 3.05) is 20.3 Å². The van der Waals surface area contributed by atoms with Crippen molar-refractivity contribution >= 4 is 15.9 Å². The summed E-state index contributed by atoms with van der Waals surface area (Å²) >= 11 is 3.49. The Morgan fingerprint density at radius 1 is 1.10 bits per heavy atom. The summed E-state index contributed by atoms with van der Waals surface area (Å²) in [6.45, 7) is 3.51. The SMILES string of the molecule is COc1ccccc1OCCNC(C)c1cccc(Br)c1. The van der Waals surface area contributed by atoms with Crippen LogP contribution in [0.4, 0.5) is 0 Å². The monoisotopic (exact) mass is 349 g/mol. The molecule has 0 heterocycles. The summed E-state index contributed by atoms with van der Waals surface area (Å²) < 4.78 is 12.1. The average molecular weight is 350 g/mol. The number of nitrogens with one attached hydrogen (secondary N) is 1. The van der Waals surface area contributed by atoms with Crippen LogP contribution in [0.15, 0.2) is 53.0 Å². The molecule has 3 nitrogen and oxygen atoms in total. The van der Waals surface area contributed by atoms with Gasteiger partial charge in [-0.1, -0.05) is 40.2 Å². The van der Waals surface area contributed by atoms with Crippen molar-refractivity contribution in [3.63, 3.8) is 0 Å². The molecular formula is C17H20BrNO2. The summed E-state index contributed by atoms with van der Waals surface area (Å²) in [5, 5.41) is 3.45. The number of para-hydroxylation sites is 2. The van der Waals surface area contributed by atoms with E-state index in [1.807, 2.05) is 36.4 Å². The molecule has 112 valence electrons. The van der Waals surface area contributed by atoms with Gasteiger partial charge in [0.25, 0.3) is 0 Å². The van der Waals surface area contributed by atoms with Crippen LogP contribution in [-0.2, 0) is 0 Å². The number of hydrogen-bond acceptors (Lipinski definition) is 3. The highest BCUT2D eigenvalue weighted by Crippen LogP contribution is 2.25. The molecule has 0 spiro atoms. The first-order valence-corrected chi connectivity index (χ1v) is 7.74. The van der Waals surface area contributed by atoms with E-state index >= 15 is 0 Å². The van der Waals surface area contributed by atoms with E-state index in [0.717, 1.165) is 22.5 Å². The van der Waals surface area contributed by atoms with Gasteiger partial charge in [0.1, 0.15) is 6.61 Å². The second kappa shape index (κ2) is 8.05. The first kappa shape index (κ1) is 15.9. The van der Waals surface area contributed by atoms with Crippen LogP contribution in [0.1, 0.15) is 18.5 Å². The Bertz CT molecular complexity index is 574. The Morgan fingerprint density at radius 3 is 2.57 bits per heavy atom. The lowest BCUT2D eigenvalue weighted by molar-refractivity contribution is 0.288. The molecule has 2 rings (SSSR count). The standard InChI is InChI=1S/C17H20BrNO2/c1-13(14-6-5-7-15(18)12-14)19-10-11-21-17-9-4-3-8-16(17)20-2/h3-9,12-13,19H,10-11H2,1-2H3. The second-order valence-electron chi connectivity index (χ2n) is 4.73. The smallest absolute Gasteiger partial charge is 0.161 e. The zero-order valence-electron chi connectivity index (χ0n) is 12.3. The van der Waals surface area contributed by atoms with Crippen molar-refractivity contribution in [1.82, 2.24) is 5.32 Å². The van der Waals surface area contributed by atoms with Crippen LogP contribution >= 0.6 is 15.9 Å². The minimum Gasteiger partial charge on any atom is -0.493 e. The van der Waals surface area contributed by atoms with Crippen LogP contribution in [0.3, 0.4) is 0 Å². The number of rotatable bonds is 7. The minimum absolute atomic E-state index is 0.281. The molecule has 2 aromatic rings. The van der Waals surface area contributed by atoms with E-state index in [1.54, 1.807) is 7.11 Å². The minimum atomic E-state index is 0.281. The first-order chi connectivity index (χ1) is 10.2. The van der Waals surface area contributed by atoms with Gasteiger partial charge in [-0.05, 0) is 36.8 Å². The Morgan fingerprint density at radius 2 is 1.86 bits per heavy atom. The van der Waals surface area contributed by atoms with Crippen molar-refractivity contribution in [1.29, 1.82) is 0 Å². The number of methoxy groups -OCH3 is 1. The largest absolute Gasteiger partial charge is 0.493 e. The number of benzene rings is 2. The fourth-order valence-electron chi connectivity index (χ4n) is 2.07. The highest BCUT2D eigenvalue weighted by molar-refractivity contribution is 9.10. The molecule has 0 aromatic heterocycles. The molecule has 1 unspecified atom stereocenters. The van der Waals surface area contributed by atoms with Crippen LogP contribution in [-0.4, -0.2) is 20.3 Å². The zero-order valence-corrected chi connectivity index (χ0v) is 13.9. The van der Waals surface area contributed by atoms with Crippen molar-refractivity contribution < 1.29 is 9.47 Å². The average Bonchev–Trinajstić information content (AvgIpc) is 2.51. The Hall–Kier alpha value is -1.52. The van der Waals surface area contributed by atoms with Crippen molar-refractivity contribution in [3.8, 4) is 11.5 Å². The van der Waals surface area contributed by atoms with Gasteiger partial charge in [-0.2, -0.15) is 0 Å². The van der Waals surface area contributed by atoms with Gasteiger partial charge in [-0.25, -0.2) is 0 Å². The van der Waals surface area contributed by atoms with Gasteiger partial charge >= 0.3 is 0 Å². The molecule has 0 bridgehead atoms. The maximum atomic E-state index is 5.74. The molecule has 21 heavy (non-hydrogen) atoms. The van der Waals surface area contributed by atoms with E-state index in [4.69, 9.17) is 9.47 Å². The summed E-state index contributed by atoms with van der Waals surface area (Å²) in [7, 11) is 1.65. The van der Waals surface area contributed by atoms with Crippen LogP contribution in [0.5, 0.6) is 11.5 Å². The molecule has 1 atom stereocenters. The van der Waals surface area contributed by atoms with Crippen molar-refractivity contribution in [2.24, 2.45) is 0 Å². The highest BCUT2D eigenvalue weighted by atomic mass is 79.9. The molecule has 0 aliphatic carbocycles. The second-order valence-corrected chi connectivity index (χ2v) is 5.65. The third kappa shape index (κ3) is 4.76. The lowest BCUT2D eigenvalue weighted by Crippen LogP contribution is -2.24. The fourth-order valence-corrected chi connectivity index (χ4v) is 2.49. The van der Waals surface area contributed by atoms with Crippen LogP contribution in [0.25, 0.3) is 0 Å². The van der Waals surface area contributed by atoms with Crippen molar-refractivity contribution in [2.45, 2.75) is 13.0 Å². The quantitative estimate of drug-likeness (QED) is 0.760. The third-order valence-electron chi connectivity index (χ3n) is 3.23. The molecule has 0 saturated heterocycles.